The summed E-state index contributed by atoms with van der Waals surface area (Å²) in [5, 5.41) is 1.91. The van der Waals surface area contributed by atoms with Crippen molar-refractivity contribution in [1.82, 2.24) is 0 Å². The highest BCUT2D eigenvalue weighted by molar-refractivity contribution is 9.09. The topological polar surface area (TPSA) is 39.4 Å². The molecule has 18 heavy (non-hydrogen) atoms. The Labute approximate surface area is 114 Å². The van der Waals surface area contributed by atoms with E-state index in [-0.39, 0.29) is 11.7 Å². The van der Waals surface area contributed by atoms with Crippen molar-refractivity contribution in [1.29, 1.82) is 0 Å². The second-order valence-corrected chi connectivity index (χ2v) is 4.83. The van der Waals surface area contributed by atoms with E-state index < -0.39 is 0 Å². The largest absolute Gasteiger partial charge is 0.460 e. The number of para-hydroxylation sites is 1. The lowest BCUT2D eigenvalue weighted by Gasteiger charge is -2.01. The number of unbranched alkanes of at least 4 members (excludes halogenated alkanes) is 2. The highest BCUT2D eigenvalue weighted by atomic mass is 79.9. The van der Waals surface area contributed by atoms with Crippen LogP contribution >= 0.6 is 15.9 Å². The molecule has 0 unspecified atom stereocenters. The minimum absolute atomic E-state index is 0.275. The van der Waals surface area contributed by atoms with Crippen LogP contribution in [0.25, 0.3) is 11.0 Å². The smallest absolute Gasteiger partial charge is 0.374 e. The monoisotopic (exact) mass is 310 g/mol. The predicted octanol–water partition coefficient (Wildman–Crippen LogP) is 4.15. The number of hydrogen-bond acceptors (Lipinski definition) is 3. The summed E-state index contributed by atoms with van der Waals surface area (Å²) in [5.41, 5.74) is 0.712. The van der Waals surface area contributed by atoms with Gasteiger partial charge in [-0.05, 0) is 31.4 Å². The fraction of sp³-hybridized carbons (Fsp3) is 0.357. The van der Waals surface area contributed by atoms with Gasteiger partial charge in [-0.2, -0.15) is 0 Å². The first-order valence-corrected chi connectivity index (χ1v) is 7.15. The quantitative estimate of drug-likeness (QED) is 0.457. The number of carbonyl (C=O) groups excluding carboxylic acids is 1. The van der Waals surface area contributed by atoms with Gasteiger partial charge in [0.1, 0.15) is 5.58 Å². The van der Waals surface area contributed by atoms with Crippen molar-refractivity contribution < 1.29 is 13.9 Å². The van der Waals surface area contributed by atoms with E-state index in [2.05, 4.69) is 15.9 Å². The first kappa shape index (κ1) is 13.1. The third-order valence-corrected chi connectivity index (χ3v) is 3.20. The molecule has 0 aliphatic heterocycles. The number of fused-ring (bicyclic) bond motifs is 1. The molecule has 0 atom stereocenters. The molecule has 4 heteroatoms. The van der Waals surface area contributed by atoms with Gasteiger partial charge in [-0.1, -0.05) is 34.1 Å². The average molecular weight is 311 g/mol. The Balaban J connectivity index is 1.88. The molecule has 2 rings (SSSR count). The summed E-state index contributed by atoms with van der Waals surface area (Å²) in [6, 6.07) is 9.25. The standard InChI is InChI=1S/C14H15BrO3/c15-8-4-1-5-9-17-14(16)13-10-11-6-2-3-7-12(11)18-13/h2-3,6-7,10H,1,4-5,8-9H2. The molecule has 2 aromatic rings. The third-order valence-electron chi connectivity index (χ3n) is 2.64. The van der Waals surface area contributed by atoms with Gasteiger partial charge in [0, 0.05) is 10.7 Å². The van der Waals surface area contributed by atoms with E-state index in [1.807, 2.05) is 24.3 Å². The Bertz CT molecular complexity index is 485. The molecule has 1 aromatic heterocycles. The SMILES string of the molecule is O=C(OCCCCCBr)c1cc2ccccc2o1. The van der Waals surface area contributed by atoms with E-state index in [0.29, 0.717) is 12.2 Å². The van der Waals surface area contributed by atoms with Gasteiger partial charge in [0.15, 0.2) is 0 Å². The molecule has 96 valence electrons. The van der Waals surface area contributed by atoms with Crippen LogP contribution in [-0.4, -0.2) is 17.9 Å². The molecule has 0 amide bonds. The molecular formula is C14H15BrO3. The minimum atomic E-state index is -0.384. The zero-order valence-electron chi connectivity index (χ0n) is 10.0. The Morgan fingerprint density at radius 2 is 2.06 bits per heavy atom. The van der Waals surface area contributed by atoms with Crippen molar-refractivity contribution in [3.05, 3.63) is 36.1 Å². The van der Waals surface area contributed by atoms with Crippen LogP contribution in [0.4, 0.5) is 0 Å². The molecule has 0 bridgehead atoms. The van der Waals surface area contributed by atoms with Gasteiger partial charge in [0.25, 0.3) is 0 Å². The van der Waals surface area contributed by atoms with Gasteiger partial charge in [0.05, 0.1) is 6.61 Å². The molecule has 0 fully saturated rings. The molecule has 1 aromatic carbocycles. The van der Waals surface area contributed by atoms with Crippen molar-refractivity contribution in [2.75, 3.05) is 11.9 Å². The second-order valence-electron chi connectivity index (χ2n) is 4.03. The van der Waals surface area contributed by atoms with Crippen LogP contribution in [0.5, 0.6) is 0 Å². The van der Waals surface area contributed by atoms with Gasteiger partial charge in [-0.25, -0.2) is 4.79 Å². The van der Waals surface area contributed by atoms with Crippen LogP contribution in [0.15, 0.2) is 34.7 Å². The lowest BCUT2D eigenvalue weighted by atomic mass is 10.2. The maximum absolute atomic E-state index is 11.7. The molecule has 0 saturated carbocycles. The number of ether oxygens (including phenoxy) is 1. The first-order valence-electron chi connectivity index (χ1n) is 6.03. The molecular weight excluding hydrogens is 296 g/mol. The number of hydrogen-bond donors (Lipinski definition) is 0. The summed E-state index contributed by atoms with van der Waals surface area (Å²) in [6.07, 6.45) is 3.04. The van der Waals surface area contributed by atoms with Crippen LogP contribution in [0, 0.1) is 0 Å². The van der Waals surface area contributed by atoms with Gasteiger partial charge in [-0.3, -0.25) is 0 Å². The fourth-order valence-corrected chi connectivity index (χ4v) is 2.09. The summed E-state index contributed by atoms with van der Waals surface area (Å²) >= 11 is 3.36. The van der Waals surface area contributed by atoms with Gasteiger partial charge >= 0.3 is 5.97 Å². The molecule has 0 radical (unpaired) electrons. The second kappa shape index (κ2) is 6.59. The van der Waals surface area contributed by atoms with Crippen LogP contribution in [0.3, 0.4) is 0 Å². The van der Waals surface area contributed by atoms with E-state index in [1.165, 1.54) is 0 Å². The predicted molar refractivity (Wildman–Crippen MR) is 74.1 cm³/mol. The Morgan fingerprint density at radius 1 is 1.22 bits per heavy atom. The summed E-state index contributed by atoms with van der Waals surface area (Å²) in [4.78, 5) is 11.7. The van der Waals surface area contributed by atoms with Crippen LogP contribution in [0.2, 0.25) is 0 Å². The number of esters is 1. The Hall–Kier alpha value is -1.29. The fourth-order valence-electron chi connectivity index (χ4n) is 1.69. The van der Waals surface area contributed by atoms with Crippen molar-refractivity contribution in [3.8, 4) is 0 Å². The van der Waals surface area contributed by atoms with Crippen molar-refractivity contribution in [3.63, 3.8) is 0 Å². The Kier molecular flexibility index (Phi) is 4.81. The van der Waals surface area contributed by atoms with Crippen LogP contribution < -0.4 is 0 Å². The maximum atomic E-state index is 11.7. The van der Waals surface area contributed by atoms with Crippen molar-refractivity contribution in [2.45, 2.75) is 19.3 Å². The van der Waals surface area contributed by atoms with Crippen molar-refractivity contribution >= 4 is 32.9 Å². The van der Waals surface area contributed by atoms with Gasteiger partial charge < -0.3 is 9.15 Å². The average Bonchev–Trinajstić information content (AvgIpc) is 2.82. The van der Waals surface area contributed by atoms with E-state index in [0.717, 1.165) is 30.0 Å². The highest BCUT2D eigenvalue weighted by Gasteiger charge is 2.12. The molecule has 0 saturated heterocycles. The van der Waals surface area contributed by atoms with Crippen LogP contribution in [0.1, 0.15) is 29.8 Å². The summed E-state index contributed by atoms with van der Waals surface area (Å²) in [7, 11) is 0. The first-order chi connectivity index (χ1) is 8.81. The van der Waals surface area contributed by atoms with Gasteiger partial charge in [0.2, 0.25) is 5.76 Å². The minimum Gasteiger partial charge on any atom is -0.460 e. The lowest BCUT2D eigenvalue weighted by Crippen LogP contribution is -2.05. The summed E-state index contributed by atoms with van der Waals surface area (Å²) in [5.74, 6) is -0.110. The number of benzene rings is 1. The van der Waals surface area contributed by atoms with E-state index in [9.17, 15) is 4.79 Å². The lowest BCUT2D eigenvalue weighted by molar-refractivity contribution is 0.0464. The summed E-state index contributed by atoms with van der Waals surface area (Å²) in [6.45, 7) is 0.447. The zero-order valence-corrected chi connectivity index (χ0v) is 11.6. The number of alkyl halides is 1. The molecule has 0 spiro atoms. The van der Waals surface area contributed by atoms with E-state index >= 15 is 0 Å². The van der Waals surface area contributed by atoms with Crippen molar-refractivity contribution in [2.24, 2.45) is 0 Å². The van der Waals surface area contributed by atoms with Gasteiger partial charge in [-0.15, -0.1) is 0 Å². The number of furan rings is 1. The molecule has 1 heterocycles. The molecule has 0 N–H and O–H groups in total. The van der Waals surface area contributed by atoms with Crippen LogP contribution in [-0.2, 0) is 4.74 Å². The third kappa shape index (κ3) is 3.35. The Morgan fingerprint density at radius 3 is 2.83 bits per heavy atom. The normalized spacial score (nSPS) is 10.7. The summed E-state index contributed by atoms with van der Waals surface area (Å²) < 4.78 is 10.6. The molecule has 3 nitrogen and oxygen atoms in total. The number of halogens is 1. The number of carbonyl (C=O) groups is 1. The maximum Gasteiger partial charge on any atom is 0.374 e. The van der Waals surface area contributed by atoms with E-state index in [1.54, 1.807) is 6.07 Å². The zero-order chi connectivity index (χ0) is 12.8. The molecule has 0 aliphatic rings. The number of rotatable bonds is 6. The van der Waals surface area contributed by atoms with E-state index in [4.69, 9.17) is 9.15 Å². The molecule has 0 aliphatic carbocycles. The highest BCUT2D eigenvalue weighted by Crippen LogP contribution is 2.19.